The molecule has 0 aromatic rings. The van der Waals surface area contributed by atoms with Gasteiger partial charge in [-0.25, -0.2) is 0 Å². The molecule has 0 rings (SSSR count). The van der Waals surface area contributed by atoms with E-state index in [9.17, 15) is 16.8 Å². The van der Waals surface area contributed by atoms with Crippen LogP contribution in [0, 0.1) is 0 Å². The second-order valence-electron chi connectivity index (χ2n) is 2.21. The molecule has 0 aromatic carbocycles. The highest BCUT2D eigenvalue weighted by atomic mass is 32.2. The van der Waals surface area contributed by atoms with Crippen LogP contribution in [-0.2, 0) is 20.2 Å². The third-order valence-corrected chi connectivity index (χ3v) is 2.28. The molecule has 0 radical (unpaired) electrons. The van der Waals surface area contributed by atoms with Crippen LogP contribution in [0.2, 0.25) is 0 Å². The Morgan fingerprint density at radius 3 is 1.92 bits per heavy atom. The van der Waals surface area contributed by atoms with Crippen molar-refractivity contribution in [1.82, 2.24) is 0 Å². The third-order valence-electron chi connectivity index (χ3n) is 0.760. The van der Waals surface area contributed by atoms with Gasteiger partial charge < -0.3 is 0 Å². The molecule has 0 saturated heterocycles. The highest BCUT2D eigenvalue weighted by molar-refractivity contribution is 7.89. The topological polar surface area (TPSA) is 109 Å². The van der Waals surface area contributed by atoms with Crippen molar-refractivity contribution in [3.05, 3.63) is 11.0 Å². The summed E-state index contributed by atoms with van der Waals surface area (Å²) >= 11 is 0. The van der Waals surface area contributed by atoms with Crippen LogP contribution < -0.4 is 0 Å². The van der Waals surface area contributed by atoms with E-state index in [0.29, 0.717) is 5.41 Å². The minimum Gasteiger partial charge on any atom is -0.285 e. The first kappa shape index (κ1) is 11.6. The predicted molar refractivity (Wildman–Crippen MR) is 41.7 cm³/mol. The minimum absolute atomic E-state index is 0.167. The molecule has 0 spiro atoms. The largest absolute Gasteiger partial charge is 0.287 e. The van der Waals surface area contributed by atoms with Gasteiger partial charge in [0.05, 0.1) is 11.2 Å². The zero-order valence-electron chi connectivity index (χ0n) is 6.13. The summed E-state index contributed by atoms with van der Waals surface area (Å²) in [6, 6.07) is 0. The third kappa shape index (κ3) is 7.66. The maximum absolute atomic E-state index is 10.2. The maximum Gasteiger partial charge on any atom is 0.287 e. The van der Waals surface area contributed by atoms with Crippen molar-refractivity contribution in [2.75, 3.05) is 5.75 Å². The first-order valence-corrected chi connectivity index (χ1v) is 5.81. The van der Waals surface area contributed by atoms with Gasteiger partial charge >= 0.3 is 0 Å². The van der Waals surface area contributed by atoms with Gasteiger partial charge in [-0.2, -0.15) is 16.8 Å². The van der Waals surface area contributed by atoms with E-state index in [4.69, 9.17) is 9.11 Å². The summed E-state index contributed by atoms with van der Waals surface area (Å²) in [5.74, 6) is -0.813. The van der Waals surface area contributed by atoms with Gasteiger partial charge in [-0.3, -0.25) is 9.11 Å². The molecule has 0 heterocycles. The zero-order chi connectivity index (χ0) is 9.99. The number of hydrogen-bond donors (Lipinski definition) is 2. The summed E-state index contributed by atoms with van der Waals surface area (Å²) in [5, 5.41) is 0.362. The Morgan fingerprint density at radius 1 is 1.25 bits per heavy atom. The van der Waals surface area contributed by atoms with E-state index in [1.54, 1.807) is 0 Å². The van der Waals surface area contributed by atoms with Crippen molar-refractivity contribution in [2.45, 2.75) is 6.92 Å². The SMILES string of the molecule is CC(=CS(=O)(=O)O)CS(=O)(=O)O. The Morgan fingerprint density at radius 2 is 1.67 bits per heavy atom. The van der Waals surface area contributed by atoms with Crippen LogP contribution in [-0.4, -0.2) is 31.7 Å². The summed E-state index contributed by atoms with van der Waals surface area (Å²) in [7, 11) is -8.57. The van der Waals surface area contributed by atoms with Gasteiger partial charge in [0.1, 0.15) is 0 Å². The van der Waals surface area contributed by atoms with Gasteiger partial charge in [0.2, 0.25) is 0 Å². The number of rotatable bonds is 3. The van der Waals surface area contributed by atoms with E-state index in [1.807, 2.05) is 0 Å². The standard InChI is InChI=1S/C4H8O6S2/c1-4(2-11(5,6)7)3-12(8,9)10/h2H,3H2,1H3,(H,5,6,7)(H,8,9,10). The van der Waals surface area contributed by atoms with E-state index < -0.39 is 26.0 Å². The van der Waals surface area contributed by atoms with Crippen molar-refractivity contribution < 1.29 is 25.9 Å². The fourth-order valence-electron chi connectivity index (χ4n) is 0.576. The summed E-state index contributed by atoms with van der Waals surface area (Å²) in [4.78, 5) is 0. The van der Waals surface area contributed by atoms with Gasteiger partial charge in [0.15, 0.2) is 0 Å². The lowest BCUT2D eigenvalue weighted by molar-refractivity contribution is 0.486. The molecule has 2 N–H and O–H groups in total. The maximum atomic E-state index is 10.2. The monoisotopic (exact) mass is 216 g/mol. The molecule has 0 aliphatic rings. The van der Waals surface area contributed by atoms with Crippen LogP contribution in [0.3, 0.4) is 0 Å². The Labute approximate surface area is 70.4 Å². The Balaban J connectivity index is 4.67. The van der Waals surface area contributed by atoms with E-state index in [-0.39, 0.29) is 5.57 Å². The summed E-state index contributed by atoms with van der Waals surface area (Å²) in [5.41, 5.74) is -0.167. The lowest BCUT2D eigenvalue weighted by Gasteiger charge is -1.95. The minimum atomic E-state index is -4.33. The van der Waals surface area contributed by atoms with Crippen LogP contribution in [0.25, 0.3) is 0 Å². The average molecular weight is 216 g/mol. The first-order valence-electron chi connectivity index (χ1n) is 2.70. The molecule has 0 atom stereocenters. The van der Waals surface area contributed by atoms with Gasteiger partial charge in [-0.05, 0) is 12.5 Å². The molecule has 72 valence electrons. The number of hydrogen-bond acceptors (Lipinski definition) is 4. The van der Waals surface area contributed by atoms with Crippen LogP contribution in [0.5, 0.6) is 0 Å². The molecule has 0 bridgehead atoms. The average Bonchev–Trinajstić information content (AvgIpc) is 1.49. The molecule has 8 heteroatoms. The van der Waals surface area contributed by atoms with E-state index in [1.165, 1.54) is 0 Å². The lowest BCUT2D eigenvalue weighted by atomic mass is 10.4. The molecule has 0 fully saturated rings. The predicted octanol–water partition coefficient (Wildman–Crippen LogP) is -0.334. The first-order chi connectivity index (χ1) is 5.10. The van der Waals surface area contributed by atoms with E-state index in [2.05, 4.69) is 0 Å². The van der Waals surface area contributed by atoms with Crippen LogP contribution >= 0.6 is 0 Å². The molecule has 0 unspecified atom stereocenters. The Kier molecular flexibility index (Phi) is 3.39. The summed E-state index contributed by atoms with van der Waals surface area (Å²) in [6.07, 6.45) is 0. The molecule has 0 amide bonds. The van der Waals surface area contributed by atoms with Crippen LogP contribution in [0.4, 0.5) is 0 Å². The van der Waals surface area contributed by atoms with Crippen molar-refractivity contribution in [1.29, 1.82) is 0 Å². The van der Waals surface area contributed by atoms with E-state index in [0.717, 1.165) is 6.92 Å². The second-order valence-corrected chi connectivity index (χ2v) is 4.92. The smallest absolute Gasteiger partial charge is 0.285 e. The molecule has 0 saturated carbocycles. The van der Waals surface area contributed by atoms with E-state index >= 15 is 0 Å². The van der Waals surface area contributed by atoms with Crippen molar-refractivity contribution in [3.63, 3.8) is 0 Å². The van der Waals surface area contributed by atoms with Crippen LogP contribution in [0.15, 0.2) is 11.0 Å². The molecule has 0 aliphatic carbocycles. The van der Waals surface area contributed by atoms with Crippen LogP contribution in [0.1, 0.15) is 6.92 Å². The fourth-order valence-corrected chi connectivity index (χ4v) is 1.93. The van der Waals surface area contributed by atoms with Gasteiger partial charge in [0.25, 0.3) is 20.2 Å². The quantitative estimate of drug-likeness (QED) is 0.625. The van der Waals surface area contributed by atoms with Gasteiger partial charge in [0, 0.05) is 0 Å². The molecule has 6 nitrogen and oxygen atoms in total. The molecular weight excluding hydrogens is 208 g/mol. The molecule has 0 aromatic heterocycles. The normalized spacial score (nSPS) is 14.8. The van der Waals surface area contributed by atoms with Gasteiger partial charge in [-0.15, -0.1) is 0 Å². The summed E-state index contributed by atoms with van der Waals surface area (Å²) < 4.78 is 57.0. The van der Waals surface area contributed by atoms with Crippen molar-refractivity contribution >= 4 is 20.2 Å². The lowest BCUT2D eigenvalue weighted by Crippen LogP contribution is -2.06. The van der Waals surface area contributed by atoms with Crippen molar-refractivity contribution in [3.8, 4) is 0 Å². The van der Waals surface area contributed by atoms with Crippen molar-refractivity contribution in [2.24, 2.45) is 0 Å². The Hall–Kier alpha value is -0.440. The zero-order valence-corrected chi connectivity index (χ0v) is 7.76. The summed E-state index contributed by atoms with van der Waals surface area (Å²) in [6.45, 7) is 1.15. The Bertz CT molecular complexity index is 372. The van der Waals surface area contributed by atoms with Gasteiger partial charge in [-0.1, -0.05) is 0 Å². The second kappa shape index (κ2) is 3.52. The molecule has 0 aliphatic heterocycles. The highest BCUT2D eigenvalue weighted by Crippen LogP contribution is 2.00. The molecule has 12 heavy (non-hydrogen) atoms. The molecular formula is C4H8O6S2. The fraction of sp³-hybridized carbons (Fsp3) is 0.500. The highest BCUT2D eigenvalue weighted by Gasteiger charge is 2.08.